The minimum atomic E-state index is 1.16. The van der Waals surface area contributed by atoms with E-state index < -0.39 is 0 Å². The van der Waals surface area contributed by atoms with Crippen molar-refractivity contribution in [3.8, 4) is 20.9 Å². The van der Waals surface area contributed by atoms with Gasteiger partial charge in [0.2, 0.25) is 0 Å². The molecule has 0 atom stereocenters. The Morgan fingerprint density at radius 2 is 0.617 bits per heavy atom. The molecule has 0 N–H and O–H groups in total. The first-order valence-electron chi connectivity index (χ1n) is 20.2. The van der Waals surface area contributed by atoms with Crippen LogP contribution >= 0.6 is 22.7 Å². The van der Waals surface area contributed by atoms with Crippen LogP contribution in [0.3, 0.4) is 0 Å². The largest absolute Gasteiger partial charge is 0.144 e. The summed E-state index contributed by atoms with van der Waals surface area (Å²) in [6, 6.07) is 73.6. The first-order valence-corrected chi connectivity index (χ1v) is 22.0. The molecule has 2 heterocycles. The van der Waals surface area contributed by atoms with Crippen molar-refractivity contribution in [3.05, 3.63) is 273 Å². The van der Waals surface area contributed by atoms with Crippen molar-refractivity contribution in [1.29, 1.82) is 0 Å². The molecule has 0 fully saturated rings. The molecule has 0 bridgehead atoms. The van der Waals surface area contributed by atoms with Gasteiger partial charge in [0.15, 0.2) is 0 Å². The predicted octanol–water partition coefficient (Wildman–Crippen LogP) is 16.7. The van der Waals surface area contributed by atoms with E-state index in [-0.39, 0.29) is 0 Å². The topological polar surface area (TPSA) is 0 Å². The highest BCUT2D eigenvalue weighted by atomic mass is 32.1. The van der Waals surface area contributed by atoms with E-state index in [0.29, 0.717) is 0 Å². The van der Waals surface area contributed by atoms with Crippen LogP contribution in [0.25, 0.3) is 68.5 Å². The molecule has 9 aromatic rings. The molecule has 2 aromatic heterocycles. The van der Waals surface area contributed by atoms with Gasteiger partial charge in [-0.25, -0.2) is 0 Å². The maximum absolute atomic E-state index is 2.36. The second kappa shape index (κ2) is 18.7. The average Bonchev–Trinajstić information content (AvgIpc) is 4.07. The van der Waals surface area contributed by atoms with Crippen molar-refractivity contribution in [2.75, 3.05) is 0 Å². The van der Waals surface area contributed by atoms with Crippen molar-refractivity contribution in [2.24, 2.45) is 0 Å². The lowest BCUT2D eigenvalue weighted by Gasteiger charge is -2.12. The van der Waals surface area contributed by atoms with Gasteiger partial charge in [-0.05, 0) is 125 Å². The van der Waals surface area contributed by atoms with Gasteiger partial charge in [0.1, 0.15) is 0 Å². The first kappa shape index (κ1) is 38.4. The quantitative estimate of drug-likeness (QED) is 0.108. The number of benzene rings is 7. The van der Waals surface area contributed by atoms with Crippen LogP contribution in [0.15, 0.2) is 217 Å². The lowest BCUT2D eigenvalue weighted by molar-refractivity contribution is 1.55. The molecule has 0 spiro atoms. The minimum Gasteiger partial charge on any atom is -0.144 e. The number of hydrogen-bond acceptors (Lipinski definition) is 2. The molecule has 0 aliphatic heterocycles. The molecule has 0 amide bonds. The highest BCUT2D eigenvalue weighted by molar-refractivity contribution is 7.14. The summed E-state index contributed by atoms with van der Waals surface area (Å²) in [6.07, 6.45) is 13.6. The zero-order valence-corrected chi connectivity index (χ0v) is 34.7. The molecular formula is C58H42S2. The van der Waals surface area contributed by atoms with E-state index in [9.17, 15) is 0 Å². The van der Waals surface area contributed by atoms with Gasteiger partial charge in [0.05, 0.1) is 0 Å². The first-order chi connectivity index (χ1) is 29.7. The Labute approximate surface area is 361 Å². The van der Waals surface area contributed by atoms with Crippen LogP contribution in [-0.4, -0.2) is 0 Å². The monoisotopic (exact) mass is 802 g/mol. The smallest absolute Gasteiger partial charge is 0.0348 e. The fraction of sp³-hybridized carbons (Fsp3) is 0. The van der Waals surface area contributed by atoms with Crippen LogP contribution in [-0.2, 0) is 0 Å². The molecule has 2 heteroatoms. The van der Waals surface area contributed by atoms with E-state index in [0.717, 1.165) is 11.1 Å². The Hall–Kier alpha value is -7.10. The summed E-state index contributed by atoms with van der Waals surface area (Å²) in [4.78, 5) is 2.50. The molecule has 9 rings (SSSR count). The maximum Gasteiger partial charge on any atom is 0.0348 e. The number of thiophene rings is 2. The molecule has 0 radical (unpaired) electrons. The van der Waals surface area contributed by atoms with Crippen LogP contribution in [0.4, 0.5) is 0 Å². The molecule has 60 heavy (non-hydrogen) atoms. The average molecular weight is 803 g/mol. The van der Waals surface area contributed by atoms with E-state index in [2.05, 4.69) is 253 Å². The van der Waals surface area contributed by atoms with Crippen molar-refractivity contribution in [1.82, 2.24) is 0 Å². The van der Waals surface area contributed by atoms with E-state index >= 15 is 0 Å². The summed E-state index contributed by atoms with van der Waals surface area (Å²) >= 11 is 3.56. The van der Waals surface area contributed by atoms with Crippen LogP contribution < -0.4 is 0 Å². The van der Waals surface area contributed by atoms with Gasteiger partial charge in [0, 0.05) is 9.75 Å². The molecule has 0 aliphatic rings. The summed E-state index contributed by atoms with van der Waals surface area (Å²) in [6.45, 7) is 0. The predicted molar refractivity (Wildman–Crippen MR) is 264 cm³/mol. The van der Waals surface area contributed by atoms with Crippen LogP contribution in [0, 0.1) is 0 Å². The van der Waals surface area contributed by atoms with Crippen molar-refractivity contribution < 1.29 is 0 Å². The Morgan fingerprint density at radius 1 is 0.300 bits per heavy atom. The summed E-state index contributed by atoms with van der Waals surface area (Å²) < 4.78 is 0. The highest BCUT2D eigenvalue weighted by Gasteiger charge is 2.13. The highest BCUT2D eigenvalue weighted by Crippen LogP contribution is 2.38. The molecule has 0 nitrogen and oxygen atoms in total. The molecule has 0 saturated carbocycles. The summed E-state index contributed by atoms with van der Waals surface area (Å²) in [5.74, 6) is 0. The molecule has 7 aromatic carbocycles. The van der Waals surface area contributed by atoms with Gasteiger partial charge >= 0.3 is 0 Å². The van der Waals surface area contributed by atoms with Gasteiger partial charge < -0.3 is 0 Å². The summed E-state index contributed by atoms with van der Waals surface area (Å²) in [5, 5.41) is 4.32. The number of rotatable bonds is 12. The molecule has 0 saturated heterocycles. The van der Waals surface area contributed by atoms with Crippen molar-refractivity contribution in [2.45, 2.75) is 0 Å². The Morgan fingerprint density at radius 3 is 0.917 bits per heavy atom. The Bertz CT molecular complexity index is 2590. The maximum atomic E-state index is 2.36. The summed E-state index contributed by atoms with van der Waals surface area (Å²) in [7, 11) is 0. The van der Waals surface area contributed by atoms with Gasteiger partial charge in [0.25, 0.3) is 0 Å². The van der Waals surface area contributed by atoms with Gasteiger partial charge in [-0.2, -0.15) is 0 Å². The van der Waals surface area contributed by atoms with E-state index in [4.69, 9.17) is 0 Å². The second-order valence-corrected chi connectivity index (χ2v) is 16.5. The Kier molecular flexibility index (Phi) is 11.9. The lowest BCUT2D eigenvalue weighted by Crippen LogP contribution is -1.89. The molecular weight excluding hydrogens is 761 g/mol. The van der Waals surface area contributed by atoms with E-state index in [1.54, 1.807) is 22.7 Å². The number of hydrogen-bond donors (Lipinski definition) is 0. The van der Waals surface area contributed by atoms with Crippen molar-refractivity contribution >= 4 is 70.3 Å². The van der Waals surface area contributed by atoms with Crippen LogP contribution in [0.1, 0.15) is 55.6 Å². The lowest BCUT2D eigenvalue weighted by atomic mass is 9.94. The van der Waals surface area contributed by atoms with E-state index in [1.165, 1.54) is 76.5 Å². The van der Waals surface area contributed by atoms with E-state index in [1.807, 2.05) is 0 Å². The third-order valence-corrected chi connectivity index (χ3v) is 12.3. The second-order valence-electron chi connectivity index (χ2n) is 14.6. The molecule has 286 valence electrons. The fourth-order valence-corrected chi connectivity index (χ4v) is 8.98. The molecule has 0 unspecified atom stereocenters. The third kappa shape index (κ3) is 9.27. The third-order valence-electron chi connectivity index (χ3n) is 10.5. The van der Waals surface area contributed by atoms with Gasteiger partial charge in [-0.3, -0.25) is 0 Å². The van der Waals surface area contributed by atoms with Gasteiger partial charge in [-0.15, -0.1) is 22.7 Å². The zero-order chi connectivity index (χ0) is 40.4. The zero-order valence-electron chi connectivity index (χ0n) is 33.1. The fourth-order valence-electron chi connectivity index (χ4n) is 7.45. The normalized spacial score (nSPS) is 11.2. The van der Waals surface area contributed by atoms with Crippen molar-refractivity contribution in [3.63, 3.8) is 0 Å². The van der Waals surface area contributed by atoms with Gasteiger partial charge in [-0.1, -0.05) is 206 Å². The van der Waals surface area contributed by atoms with Crippen LogP contribution in [0.2, 0.25) is 0 Å². The standard InChI is InChI=1S/C58H42S2/c1-5-15-47(16-6-1)53(48-17-7-2-8-18-48)39-45-29-25-43(26-30-45)33-35-51-41-56(58-24-14-38-60-58)52(42-55(51)57-23-13-37-59-57)36-34-44-27-31-46(32-28-44)40-54(49-19-9-3-10-20-49)50-21-11-4-12-22-50/h1-42H. The van der Waals surface area contributed by atoms with Crippen LogP contribution in [0.5, 0.6) is 0 Å². The SMILES string of the molecule is C(=Cc1cc(-c2cccs2)c(C=Cc2ccc(C=C(c3ccccc3)c3ccccc3)cc2)cc1-c1cccs1)c1ccc(C=C(c2ccccc2)c2ccccc2)cc1. The molecule has 0 aliphatic carbocycles. The Balaban J connectivity index is 1.02. The minimum absolute atomic E-state index is 1.16. The summed E-state index contributed by atoms with van der Waals surface area (Å²) in [5.41, 5.74) is 16.7.